The van der Waals surface area contributed by atoms with Gasteiger partial charge in [0.2, 0.25) is 0 Å². The Morgan fingerprint density at radius 2 is 2.05 bits per heavy atom. The van der Waals surface area contributed by atoms with Crippen LogP contribution in [-0.4, -0.2) is 41.6 Å². The fraction of sp³-hybridized carbons (Fsp3) is 0.938. The van der Waals surface area contributed by atoms with Gasteiger partial charge in [-0.1, -0.05) is 0 Å². The zero-order valence-electron chi connectivity index (χ0n) is 13.2. The van der Waals surface area contributed by atoms with E-state index in [1.165, 1.54) is 11.5 Å². The van der Waals surface area contributed by atoms with Crippen LogP contribution in [-0.2, 0) is 9.53 Å². The van der Waals surface area contributed by atoms with E-state index in [2.05, 4.69) is 26.1 Å². The summed E-state index contributed by atoms with van der Waals surface area (Å²) < 4.78 is 6.06. The Hall–Kier alpha value is -0.0600. The molecule has 0 amide bonds. The molecule has 1 atom stereocenters. The van der Waals surface area contributed by atoms with Crippen LogP contribution in [0.4, 0.5) is 0 Å². The molecular weight excluding hydrogens is 270 g/mol. The van der Waals surface area contributed by atoms with Crippen LogP contribution in [0.25, 0.3) is 0 Å². The van der Waals surface area contributed by atoms with Gasteiger partial charge >= 0.3 is 0 Å². The van der Waals surface area contributed by atoms with Gasteiger partial charge in [0, 0.05) is 31.0 Å². The van der Waals surface area contributed by atoms with Crippen molar-refractivity contribution in [1.82, 2.24) is 5.32 Å². The number of carbonyl (C=O) groups is 1. The number of hydrogen-bond donors (Lipinski definition) is 1. The van der Waals surface area contributed by atoms with Gasteiger partial charge in [0.1, 0.15) is 5.78 Å². The smallest absolute Gasteiger partial charge is 0.137 e. The predicted molar refractivity (Wildman–Crippen MR) is 85.3 cm³/mol. The molecule has 4 heteroatoms. The van der Waals surface area contributed by atoms with E-state index in [-0.39, 0.29) is 17.1 Å². The molecule has 0 aromatic carbocycles. The number of ether oxygens (including phenoxy) is 1. The summed E-state index contributed by atoms with van der Waals surface area (Å²) in [6.45, 7) is 7.98. The molecule has 0 aromatic rings. The number of hydrogen-bond acceptors (Lipinski definition) is 4. The van der Waals surface area contributed by atoms with Crippen molar-refractivity contribution in [3.8, 4) is 0 Å². The van der Waals surface area contributed by atoms with Gasteiger partial charge in [0.05, 0.1) is 5.60 Å². The fourth-order valence-electron chi connectivity index (χ4n) is 3.16. The zero-order chi connectivity index (χ0) is 14.6. The normalized spacial score (nSPS) is 26.6. The first-order chi connectivity index (χ1) is 9.40. The summed E-state index contributed by atoms with van der Waals surface area (Å²) in [5.41, 5.74) is 0.124. The van der Waals surface area contributed by atoms with E-state index in [0.717, 1.165) is 38.8 Å². The van der Waals surface area contributed by atoms with Crippen LogP contribution >= 0.6 is 11.8 Å². The van der Waals surface area contributed by atoms with Gasteiger partial charge in [-0.05, 0) is 58.0 Å². The number of nitrogens with one attached hydrogen (secondary N) is 1. The van der Waals surface area contributed by atoms with Gasteiger partial charge in [-0.2, -0.15) is 11.8 Å². The third-order valence-corrected chi connectivity index (χ3v) is 5.36. The molecule has 2 fully saturated rings. The minimum atomic E-state index is 0.0290. The Bertz CT molecular complexity index is 326. The molecule has 20 heavy (non-hydrogen) atoms. The summed E-state index contributed by atoms with van der Waals surface area (Å²) in [4.78, 5) is 12.4. The monoisotopic (exact) mass is 299 g/mol. The lowest BCUT2D eigenvalue weighted by atomic mass is 9.79. The van der Waals surface area contributed by atoms with Crippen LogP contribution in [0.15, 0.2) is 0 Å². The molecule has 116 valence electrons. The SMILES string of the molecule is CC(C)(C)NCCC(=O)C1CCOC2(CCSCC2)C1. The second kappa shape index (κ2) is 6.80. The summed E-state index contributed by atoms with van der Waals surface area (Å²) >= 11 is 2.01. The van der Waals surface area contributed by atoms with Crippen molar-refractivity contribution in [2.75, 3.05) is 24.7 Å². The topological polar surface area (TPSA) is 38.3 Å². The molecule has 1 unspecified atom stereocenters. The third kappa shape index (κ3) is 4.74. The maximum atomic E-state index is 12.4. The molecule has 2 aliphatic heterocycles. The lowest BCUT2D eigenvalue weighted by Crippen LogP contribution is -2.45. The van der Waals surface area contributed by atoms with Gasteiger partial charge in [-0.25, -0.2) is 0 Å². The van der Waals surface area contributed by atoms with E-state index in [9.17, 15) is 4.79 Å². The molecule has 0 radical (unpaired) electrons. The van der Waals surface area contributed by atoms with E-state index in [4.69, 9.17) is 4.74 Å². The van der Waals surface area contributed by atoms with Gasteiger partial charge < -0.3 is 10.1 Å². The number of thioether (sulfide) groups is 1. The highest BCUT2D eigenvalue weighted by atomic mass is 32.2. The fourth-order valence-corrected chi connectivity index (χ4v) is 4.40. The van der Waals surface area contributed by atoms with Crippen LogP contribution in [0.2, 0.25) is 0 Å². The van der Waals surface area contributed by atoms with Crippen molar-refractivity contribution in [3.05, 3.63) is 0 Å². The first-order valence-electron chi connectivity index (χ1n) is 7.90. The molecule has 0 saturated carbocycles. The van der Waals surface area contributed by atoms with Crippen molar-refractivity contribution >= 4 is 17.5 Å². The van der Waals surface area contributed by atoms with E-state index in [1.807, 2.05) is 11.8 Å². The lowest BCUT2D eigenvalue weighted by Gasteiger charge is -2.43. The van der Waals surface area contributed by atoms with Crippen molar-refractivity contribution in [1.29, 1.82) is 0 Å². The molecule has 2 heterocycles. The first kappa shape index (κ1) is 16.3. The summed E-state index contributed by atoms with van der Waals surface area (Å²) in [6.07, 6.45) is 4.79. The summed E-state index contributed by atoms with van der Waals surface area (Å²) in [6, 6.07) is 0. The van der Waals surface area contributed by atoms with Gasteiger partial charge in [-0.3, -0.25) is 4.79 Å². The van der Waals surface area contributed by atoms with Crippen molar-refractivity contribution in [2.24, 2.45) is 5.92 Å². The van der Waals surface area contributed by atoms with Crippen LogP contribution in [0, 0.1) is 5.92 Å². The lowest BCUT2D eigenvalue weighted by molar-refractivity contribution is -0.138. The second-order valence-corrected chi connectivity index (χ2v) is 8.45. The van der Waals surface area contributed by atoms with E-state index >= 15 is 0 Å². The van der Waals surface area contributed by atoms with Crippen LogP contribution < -0.4 is 5.32 Å². The summed E-state index contributed by atoms with van der Waals surface area (Å²) in [5, 5.41) is 3.41. The predicted octanol–water partition coefficient (Wildman–Crippen LogP) is 3.03. The highest BCUT2D eigenvalue weighted by Crippen LogP contribution is 2.40. The Balaban J connectivity index is 1.81. The van der Waals surface area contributed by atoms with Gasteiger partial charge in [0.25, 0.3) is 0 Å². The summed E-state index contributed by atoms with van der Waals surface area (Å²) in [7, 11) is 0. The molecule has 1 N–H and O–H groups in total. The number of Topliss-reactive ketones (excluding diaryl/α,β-unsaturated/α-hetero) is 1. The van der Waals surface area contributed by atoms with Gasteiger partial charge in [0.15, 0.2) is 0 Å². The van der Waals surface area contributed by atoms with Crippen LogP contribution in [0.3, 0.4) is 0 Å². The van der Waals surface area contributed by atoms with Gasteiger partial charge in [-0.15, -0.1) is 0 Å². The molecule has 1 spiro atoms. The average molecular weight is 299 g/mol. The zero-order valence-corrected chi connectivity index (χ0v) is 14.0. The summed E-state index contributed by atoms with van der Waals surface area (Å²) in [5.74, 6) is 3.04. The number of rotatable bonds is 4. The van der Waals surface area contributed by atoms with E-state index in [0.29, 0.717) is 12.2 Å². The average Bonchev–Trinajstić information content (AvgIpc) is 2.38. The molecule has 0 bridgehead atoms. The molecule has 0 aromatic heterocycles. The Morgan fingerprint density at radius 1 is 1.35 bits per heavy atom. The van der Waals surface area contributed by atoms with Crippen LogP contribution in [0.5, 0.6) is 0 Å². The van der Waals surface area contributed by atoms with Crippen LogP contribution in [0.1, 0.15) is 52.9 Å². The highest BCUT2D eigenvalue weighted by molar-refractivity contribution is 7.99. The van der Waals surface area contributed by atoms with E-state index < -0.39 is 0 Å². The minimum Gasteiger partial charge on any atom is -0.375 e. The highest BCUT2D eigenvalue weighted by Gasteiger charge is 2.40. The Labute approximate surface area is 127 Å². The Morgan fingerprint density at radius 3 is 2.70 bits per heavy atom. The molecule has 2 rings (SSSR count). The van der Waals surface area contributed by atoms with Crippen molar-refractivity contribution in [2.45, 2.75) is 64.0 Å². The maximum Gasteiger partial charge on any atom is 0.137 e. The largest absolute Gasteiger partial charge is 0.375 e. The first-order valence-corrected chi connectivity index (χ1v) is 9.05. The molecular formula is C16H29NO2S. The van der Waals surface area contributed by atoms with E-state index in [1.54, 1.807) is 0 Å². The standard InChI is InChI=1S/C16H29NO2S/c1-15(2,3)17-8-4-14(18)13-5-9-19-16(12-13)6-10-20-11-7-16/h13,17H,4-12H2,1-3H3. The van der Waals surface area contributed by atoms with Crippen molar-refractivity contribution in [3.63, 3.8) is 0 Å². The molecule has 2 aliphatic rings. The minimum absolute atomic E-state index is 0.0290. The second-order valence-electron chi connectivity index (χ2n) is 7.23. The number of carbonyl (C=O) groups excluding carboxylic acids is 1. The third-order valence-electron chi connectivity index (χ3n) is 4.38. The Kier molecular flexibility index (Phi) is 5.55. The van der Waals surface area contributed by atoms with Crippen molar-refractivity contribution < 1.29 is 9.53 Å². The maximum absolute atomic E-state index is 12.4. The number of ketones is 1. The quantitative estimate of drug-likeness (QED) is 0.866. The molecule has 2 saturated heterocycles. The molecule has 3 nitrogen and oxygen atoms in total. The molecule has 0 aliphatic carbocycles.